The number of fused-ring (bicyclic) bond motifs is 1. The Bertz CT molecular complexity index is 523. The van der Waals surface area contributed by atoms with Crippen LogP contribution in [-0.4, -0.2) is 17.6 Å². The second kappa shape index (κ2) is 4.00. The van der Waals surface area contributed by atoms with E-state index in [1.165, 1.54) is 6.07 Å². The molecule has 0 radical (unpaired) electrons. The summed E-state index contributed by atoms with van der Waals surface area (Å²) >= 11 is 11.6. The van der Waals surface area contributed by atoms with Gasteiger partial charge in [-0.3, -0.25) is 9.59 Å². The molecule has 5 heteroatoms. The second-order valence-corrected chi connectivity index (χ2v) is 5.19. The summed E-state index contributed by atoms with van der Waals surface area (Å²) in [6.45, 7) is 3.58. The van der Waals surface area contributed by atoms with Crippen LogP contribution in [0.3, 0.4) is 0 Å². The highest BCUT2D eigenvalue weighted by Crippen LogP contribution is 2.42. The standard InChI is InChI=1S/C12H11Cl2NO2/c1-12(2)7-3-6(9(16)5-13)4-8(14)10(7)15-11(12)17/h3-4H,5H2,1-2H3,(H,15,17). The van der Waals surface area contributed by atoms with Crippen LogP contribution in [0.2, 0.25) is 5.02 Å². The van der Waals surface area contributed by atoms with E-state index in [4.69, 9.17) is 23.2 Å². The van der Waals surface area contributed by atoms with Crippen molar-refractivity contribution < 1.29 is 9.59 Å². The molecule has 2 rings (SSSR count). The van der Waals surface area contributed by atoms with E-state index in [-0.39, 0.29) is 17.6 Å². The Hall–Kier alpha value is -1.06. The first-order valence-electron chi connectivity index (χ1n) is 5.12. The lowest BCUT2D eigenvalue weighted by Crippen LogP contribution is -2.27. The van der Waals surface area contributed by atoms with Crippen molar-refractivity contribution in [2.45, 2.75) is 19.3 Å². The number of hydrogen-bond acceptors (Lipinski definition) is 2. The van der Waals surface area contributed by atoms with Gasteiger partial charge in [-0.05, 0) is 31.5 Å². The number of ketones is 1. The zero-order valence-corrected chi connectivity index (χ0v) is 10.9. The fourth-order valence-corrected chi connectivity index (χ4v) is 2.28. The van der Waals surface area contributed by atoms with Gasteiger partial charge in [0, 0.05) is 5.56 Å². The molecule has 1 N–H and O–H groups in total. The van der Waals surface area contributed by atoms with Crippen LogP contribution in [0.25, 0.3) is 0 Å². The predicted molar refractivity (Wildman–Crippen MR) is 68.2 cm³/mol. The summed E-state index contributed by atoms with van der Waals surface area (Å²) in [5, 5.41) is 3.10. The van der Waals surface area contributed by atoms with Crippen molar-refractivity contribution in [2.24, 2.45) is 0 Å². The van der Waals surface area contributed by atoms with E-state index < -0.39 is 5.41 Å². The fraction of sp³-hybridized carbons (Fsp3) is 0.333. The number of nitrogens with one attached hydrogen (secondary N) is 1. The summed E-state index contributed by atoms with van der Waals surface area (Å²) < 4.78 is 0. The summed E-state index contributed by atoms with van der Waals surface area (Å²) in [5.74, 6) is -0.423. The Morgan fingerprint density at radius 1 is 1.41 bits per heavy atom. The van der Waals surface area contributed by atoms with Crippen LogP contribution in [0, 0.1) is 0 Å². The Balaban J connectivity index is 2.63. The van der Waals surface area contributed by atoms with Gasteiger partial charge in [0.15, 0.2) is 5.78 Å². The van der Waals surface area contributed by atoms with Gasteiger partial charge in [-0.15, -0.1) is 11.6 Å². The molecule has 3 nitrogen and oxygen atoms in total. The van der Waals surface area contributed by atoms with E-state index in [1.54, 1.807) is 19.9 Å². The Morgan fingerprint density at radius 3 is 2.65 bits per heavy atom. The summed E-state index contributed by atoms with van der Waals surface area (Å²) in [6, 6.07) is 3.22. The summed E-state index contributed by atoms with van der Waals surface area (Å²) in [6.07, 6.45) is 0. The number of hydrogen-bond donors (Lipinski definition) is 1. The normalized spacial score (nSPS) is 16.6. The molecule has 17 heavy (non-hydrogen) atoms. The van der Waals surface area contributed by atoms with Crippen molar-refractivity contribution >= 4 is 40.6 Å². The number of carbonyl (C=O) groups excluding carboxylic acids is 2. The van der Waals surface area contributed by atoms with Crippen molar-refractivity contribution in [1.82, 2.24) is 0 Å². The van der Waals surface area contributed by atoms with Crippen molar-refractivity contribution in [3.8, 4) is 0 Å². The molecule has 90 valence electrons. The third-order valence-corrected chi connectivity index (χ3v) is 3.55. The van der Waals surface area contributed by atoms with Crippen molar-refractivity contribution in [2.75, 3.05) is 11.2 Å². The van der Waals surface area contributed by atoms with E-state index in [9.17, 15) is 9.59 Å². The monoisotopic (exact) mass is 271 g/mol. The molecule has 1 aliphatic heterocycles. The highest BCUT2D eigenvalue weighted by Gasteiger charge is 2.39. The number of amides is 1. The van der Waals surface area contributed by atoms with Crippen molar-refractivity contribution in [1.29, 1.82) is 0 Å². The van der Waals surface area contributed by atoms with Gasteiger partial charge < -0.3 is 5.32 Å². The summed E-state index contributed by atoms with van der Waals surface area (Å²) in [7, 11) is 0. The number of halogens is 2. The minimum absolute atomic E-state index is 0.100. The van der Waals surface area contributed by atoms with E-state index in [0.717, 1.165) is 5.56 Å². The van der Waals surface area contributed by atoms with Crippen LogP contribution < -0.4 is 5.32 Å². The lowest BCUT2D eigenvalue weighted by molar-refractivity contribution is -0.119. The van der Waals surface area contributed by atoms with Crippen LogP contribution in [-0.2, 0) is 10.2 Å². The van der Waals surface area contributed by atoms with Crippen LogP contribution in [0.4, 0.5) is 5.69 Å². The third-order valence-electron chi connectivity index (χ3n) is 3.01. The van der Waals surface area contributed by atoms with Gasteiger partial charge in [-0.2, -0.15) is 0 Å². The number of Topliss-reactive ketones (excluding diaryl/α,β-unsaturated/α-hetero) is 1. The third kappa shape index (κ3) is 1.83. The van der Waals surface area contributed by atoms with Crippen molar-refractivity contribution in [3.63, 3.8) is 0 Å². The first-order chi connectivity index (χ1) is 7.87. The average Bonchev–Trinajstić information content (AvgIpc) is 2.51. The zero-order chi connectivity index (χ0) is 12.8. The Labute approximate surface area is 109 Å². The second-order valence-electron chi connectivity index (χ2n) is 4.52. The Morgan fingerprint density at radius 2 is 2.06 bits per heavy atom. The zero-order valence-electron chi connectivity index (χ0n) is 9.43. The van der Waals surface area contributed by atoms with Gasteiger partial charge in [0.25, 0.3) is 0 Å². The highest BCUT2D eigenvalue weighted by atomic mass is 35.5. The number of carbonyl (C=O) groups is 2. The largest absolute Gasteiger partial charge is 0.324 e. The highest BCUT2D eigenvalue weighted by molar-refractivity contribution is 6.36. The van der Waals surface area contributed by atoms with Gasteiger partial charge in [-0.1, -0.05) is 11.6 Å². The van der Waals surface area contributed by atoms with Crippen LogP contribution in [0.15, 0.2) is 12.1 Å². The average molecular weight is 272 g/mol. The van der Waals surface area contributed by atoms with E-state index >= 15 is 0 Å². The molecule has 0 aromatic heterocycles. The molecule has 0 saturated carbocycles. The predicted octanol–water partition coefficient (Wildman–Crippen LogP) is 2.99. The molecule has 0 saturated heterocycles. The van der Waals surface area contributed by atoms with Gasteiger partial charge in [0.1, 0.15) is 0 Å². The molecule has 1 amide bonds. The number of rotatable bonds is 2. The van der Waals surface area contributed by atoms with E-state index in [2.05, 4.69) is 5.32 Å². The molecule has 0 atom stereocenters. The molecule has 0 unspecified atom stereocenters. The number of alkyl halides is 1. The van der Waals surface area contributed by atoms with Crippen LogP contribution in [0.1, 0.15) is 29.8 Å². The topological polar surface area (TPSA) is 46.2 Å². The molecule has 1 aromatic carbocycles. The molecular weight excluding hydrogens is 261 g/mol. The van der Waals surface area contributed by atoms with Gasteiger partial charge >= 0.3 is 0 Å². The molecule has 1 aliphatic rings. The quantitative estimate of drug-likeness (QED) is 0.664. The van der Waals surface area contributed by atoms with Gasteiger partial charge in [0.05, 0.1) is 22.0 Å². The molecular formula is C12H11Cl2NO2. The van der Waals surface area contributed by atoms with Gasteiger partial charge in [-0.25, -0.2) is 0 Å². The number of anilines is 1. The molecule has 0 fully saturated rings. The lowest BCUT2D eigenvalue weighted by atomic mass is 9.85. The molecule has 1 heterocycles. The first-order valence-corrected chi connectivity index (χ1v) is 6.04. The van der Waals surface area contributed by atoms with E-state index in [1.807, 2.05) is 0 Å². The van der Waals surface area contributed by atoms with Crippen LogP contribution >= 0.6 is 23.2 Å². The SMILES string of the molecule is CC1(C)C(=O)Nc2c(Cl)cc(C(=O)CCl)cc21. The maximum atomic E-state index is 11.8. The minimum Gasteiger partial charge on any atom is -0.324 e. The molecule has 0 spiro atoms. The van der Waals surface area contributed by atoms with E-state index in [0.29, 0.717) is 16.3 Å². The summed E-state index contributed by atoms with van der Waals surface area (Å²) in [5.41, 5.74) is 1.09. The smallest absolute Gasteiger partial charge is 0.234 e. The maximum absolute atomic E-state index is 11.8. The summed E-state index contributed by atoms with van der Waals surface area (Å²) in [4.78, 5) is 23.3. The Kier molecular flexibility index (Phi) is 2.92. The fourth-order valence-electron chi connectivity index (χ4n) is 1.86. The van der Waals surface area contributed by atoms with Crippen molar-refractivity contribution in [3.05, 3.63) is 28.3 Å². The van der Waals surface area contributed by atoms with Gasteiger partial charge in [0.2, 0.25) is 5.91 Å². The molecule has 1 aromatic rings. The maximum Gasteiger partial charge on any atom is 0.234 e. The number of benzene rings is 1. The molecule has 0 aliphatic carbocycles. The minimum atomic E-state index is -0.679. The molecule has 0 bridgehead atoms. The van der Waals surface area contributed by atoms with Crippen LogP contribution in [0.5, 0.6) is 0 Å². The first kappa shape index (κ1) is 12.4. The lowest BCUT2D eigenvalue weighted by Gasteiger charge is -2.15.